The Labute approximate surface area is 138 Å². The minimum Gasteiger partial charge on any atom is -0.380 e. The Kier molecular flexibility index (Phi) is 3.45. The number of rotatable bonds is 2. The van der Waals surface area contributed by atoms with Crippen molar-refractivity contribution in [2.75, 3.05) is 26.3 Å². The van der Waals surface area contributed by atoms with Crippen molar-refractivity contribution in [2.45, 2.75) is 31.6 Å². The molecule has 0 N–H and O–H groups in total. The molecule has 3 aliphatic heterocycles. The lowest BCUT2D eigenvalue weighted by molar-refractivity contribution is 0.0826. The van der Waals surface area contributed by atoms with Gasteiger partial charge in [0.2, 0.25) is 10.0 Å². The maximum Gasteiger partial charge on any atom is 0.243 e. The van der Waals surface area contributed by atoms with Gasteiger partial charge < -0.3 is 4.74 Å². The van der Waals surface area contributed by atoms with Gasteiger partial charge in [-0.05, 0) is 44.4 Å². The molecule has 2 atom stereocenters. The summed E-state index contributed by atoms with van der Waals surface area (Å²) in [6, 6.07) is 7.15. The van der Waals surface area contributed by atoms with Crippen LogP contribution in [-0.2, 0) is 14.8 Å². The lowest BCUT2D eigenvalue weighted by Gasteiger charge is -2.33. The molecule has 23 heavy (non-hydrogen) atoms. The molecule has 2 fully saturated rings. The van der Waals surface area contributed by atoms with Gasteiger partial charge in [-0.3, -0.25) is 0 Å². The molecule has 3 heterocycles. The Bertz CT molecular complexity index is 762. The van der Waals surface area contributed by atoms with Crippen molar-refractivity contribution in [1.29, 1.82) is 0 Å². The Morgan fingerprint density at radius 2 is 1.96 bits per heavy atom. The van der Waals surface area contributed by atoms with Crippen LogP contribution in [0.1, 0.15) is 25.3 Å². The summed E-state index contributed by atoms with van der Waals surface area (Å²) < 4.78 is 33.6. The first kappa shape index (κ1) is 15.4. The summed E-state index contributed by atoms with van der Waals surface area (Å²) in [7, 11) is -3.44. The molecule has 124 valence electrons. The van der Waals surface area contributed by atoms with Crippen LogP contribution in [0.3, 0.4) is 0 Å². The first-order valence-electron chi connectivity index (χ1n) is 8.27. The van der Waals surface area contributed by atoms with Crippen molar-refractivity contribution in [1.82, 2.24) is 4.31 Å². The zero-order valence-electron chi connectivity index (χ0n) is 13.7. The quantitative estimate of drug-likeness (QED) is 0.782. The normalized spacial score (nSPS) is 31.3. The highest BCUT2D eigenvalue weighted by molar-refractivity contribution is 7.89. The molecule has 2 saturated heterocycles. The van der Waals surface area contributed by atoms with Crippen LogP contribution in [0.5, 0.6) is 0 Å². The second kappa shape index (κ2) is 5.16. The van der Waals surface area contributed by atoms with Crippen LogP contribution in [0, 0.1) is 18.3 Å². The van der Waals surface area contributed by atoms with E-state index in [1.165, 1.54) is 11.1 Å². The van der Waals surface area contributed by atoms with Crippen LogP contribution in [0.2, 0.25) is 0 Å². The smallest absolute Gasteiger partial charge is 0.243 e. The van der Waals surface area contributed by atoms with Crippen molar-refractivity contribution >= 4 is 10.0 Å². The SMILES string of the molecule is CC1=C2CN(S(=O)(=O)c3ccc(C)cc3)C[C@@]23CC[C@@H]1COC3. The highest BCUT2D eigenvalue weighted by Crippen LogP contribution is 2.51. The number of fused-ring (bicyclic) bond motifs is 3. The molecular formula is C18H23NO3S. The zero-order valence-corrected chi connectivity index (χ0v) is 14.5. The van der Waals surface area contributed by atoms with E-state index in [-0.39, 0.29) is 5.41 Å². The summed E-state index contributed by atoms with van der Waals surface area (Å²) in [5, 5.41) is 0. The van der Waals surface area contributed by atoms with E-state index in [0.717, 1.165) is 25.0 Å². The minimum atomic E-state index is -3.44. The largest absolute Gasteiger partial charge is 0.380 e. The second-order valence-corrected chi connectivity index (χ2v) is 9.22. The molecule has 0 radical (unpaired) electrons. The summed E-state index contributed by atoms with van der Waals surface area (Å²) in [6.07, 6.45) is 2.16. The monoisotopic (exact) mass is 333 g/mol. The number of sulfonamides is 1. The van der Waals surface area contributed by atoms with E-state index in [0.29, 0.717) is 30.5 Å². The van der Waals surface area contributed by atoms with E-state index < -0.39 is 10.0 Å². The van der Waals surface area contributed by atoms with Gasteiger partial charge in [-0.25, -0.2) is 8.42 Å². The van der Waals surface area contributed by atoms with E-state index in [9.17, 15) is 8.42 Å². The van der Waals surface area contributed by atoms with E-state index in [2.05, 4.69) is 6.92 Å². The fourth-order valence-corrected chi connectivity index (χ4v) is 5.85. The third-order valence-electron chi connectivity index (χ3n) is 5.87. The highest BCUT2D eigenvalue weighted by atomic mass is 32.2. The van der Waals surface area contributed by atoms with Crippen molar-refractivity contribution in [3.8, 4) is 0 Å². The summed E-state index contributed by atoms with van der Waals surface area (Å²) in [4.78, 5) is 0.393. The van der Waals surface area contributed by atoms with Gasteiger partial charge in [0.05, 0.1) is 18.1 Å². The van der Waals surface area contributed by atoms with Crippen molar-refractivity contribution in [2.24, 2.45) is 11.3 Å². The Hall–Kier alpha value is -1.17. The van der Waals surface area contributed by atoms with E-state index >= 15 is 0 Å². The maximum atomic E-state index is 13.0. The fourth-order valence-electron chi connectivity index (χ4n) is 4.36. The van der Waals surface area contributed by atoms with Crippen molar-refractivity contribution in [3.63, 3.8) is 0 Å². The van der Waals surface area contributed by atoms with E-state index in [4.69, 9.17) is 4.74 Å². The number of ether oxygens (including phenoxy) is 1. The predicted octanol–water partition coefficient (Wildman–Crippen LogP) is 2.74. The molecule has 4 nitrogen and oxygen atoms in total. The van der Waals surface area contributed by atoms with Crippen LogP contribution in [0.4, 0.5) is 0 Å². The number of aryl methyl sites for hydroxylation is 1. The number of benzene rings is 1. The van der Waals surface area contributed by atoms with E-state index in [1.807, 2.05) is 19.1 Å². The molecule has 5 rings (SSSR count). The Balaban J connectivity index is 1.72. The molecule has 2 bridgehead atoms. The van der Waals surface area contributed by atoms with Gasteiger partial charge in [0.1, 0.15) is 0 Å². The average molecular weight is 333 g/mol. The Morgan fingerprint density at radius 3 is 2.70 bits per heavy atom. The molecule has 0 amide bonds. The topological polar surface area (TPSA) is 46.6 Å². The standard InChI is InChI=1S/C18H23NO3S/c1-13-3-5-16(6-4-13)23(20,21)19-9-17-14(2)15-7-8-18(17,11-19)12-22-10-15/h3-6,15H,7-12H2,1-2H3/t15-,18-/m1/s1. The molecule has 5 heteroatoms. The third kappa shape index (κ3) is 2.29. The van der Waals surface area contributed by atoms with Crippen LogP contribution in [0.25, 0.3) is 0 Å². The summed E-state index contributed by atoms with van der Waals surface area (Å²) in [6.45, 7) is 6.68. The lowest BCUT2D eigenvalue weighted by Crippen LogP contribution is -2.35. The maximum absolute atomic E-state index is 13.0. The Morgan fingerprint density at radius 1 is 1.22 bits per heavy atom. The average Bonchev–Trinajstić information content (AvgIpc) is 2.72. The third-order valence-corrected chi connectivity index (χ3v) is 7.68. The van der Waals surface area contributed by atoms with Crippen LogP contribution in [0.15, 0.2) is 40.3 Å². The van der Waals surface area contributed by atoms with E-state index in [1.54, 1.807) is 16.4 Å². The number of nitrogens with zero attached hydrogens (tertiary/aromatic N) is 1. The van der Waals surface area contributed by atoms with Gasteiger partial charge >= 0.3 is 0 Å². The van der Waals surface area contributed by atoms with Crippen molar-refractivity contribution < 1.29 is 13.2 Å². The number of hydrogen-bond acceptors (Lipinski definition) is 3. The summed E-state index contributed by atoms with van der Waals surface area (Å²) >= 11 is 0. The predicted molar refractivity (Wildman–Crippen MR) is 88.6 cm³/mol. The number of hydrogen-bond donors (Lipinski definition) is 0. The first-order chi connectivity index (χ1) is 10.9. The zero-order chi connectivity index (χ0) is 16.2. The minimum absolute atomic E-state index is 0.0884. The fraction of sp³-hybridized carbons (Fsp3) is 0.556. The van der Waals surface area contributed by atoms with Crippen LogP contribution in [-0.4, -0.2) is 39.0 Å². The highest BCUT2D eigenvalue weighted by Gasteiger charge is 2.51. The molecule has 0 unspecified atom stereocenters. The second-order valence-electron chi connectivity index (χ2n) is 7.28. The van der Waals surface area contributed by atoms with Crippen LogP contribution < -0.4 is 0 Å². The summed E-state index contributed by atoms with van der Waals surface area (Å²) in [5.74, 6) is 0.475. The molecule has 1 aliphatic carbocycles. The van der Waals surface area contributed by atoms with Gasteiger partial charge in [0.15, 0.2) is 0 Å². The molecule has 1 aromatic rings. The first-order valence-corrected chi connectivity index (χ1v) is 9.71. The lowest BCUT2D eigenvalue weighted by atomic mass is 9.70. The van der Waals surface area contributed by atoms with Gasteiger partial charge in [0.25, 0.3) is 0 Å². The molecule has 1 aromatic carbocycles. The molecule has 0 aromatic heterocycles. The molecule has 0 saturated carbocycles. The summed E-state index contributed by atoms with van der Waals surface area (Å²) in [5.41, 5.74) is 3.67. The molecule has 4 aliphatic rings. The van der Waals surface area contributed by atoms with Crippen LogP contribution >= 0.6 is 0 Å². The van der Waals surface area contributed by atoms with Crippen molar-refractivity contribution in [3.05, 3.63) is 41.0 Å². The molecule has 1 spiro atoms. The van der Waals surface area contributed by atoms with Gasteiger partial charge in [-0.15, -0.1) is 0 Å². The van der Waals surface area contributed by atoms with Gasteiger partial charge in [-0.1, -0.05) is 23.3 Å². The van der Waals surface area contributed by atoms with Gasteiger partial charge in [0, 0.05) is 24.4 Å². The molecular weight excluding hydrogens is 310 g/mol. The van der Waals surface area contributed by atoms with Gasteiger partial charge in [-0.2, -0.15) is 4.31 Å².